The molecule has 1 fully saturated rings. The number of carbonyl (C=O) groups excluding carboxylic acids is 1. The first-order chi connectivity index (χ1) is 14.6. The molecule has 9 heteroatoms. The molecule has 156 valence electrons. The lowest BCUT2D eigenvalue weighted by atomic mass is 10.2. The van der Waals surface area contributed by atoms with Crippen molar-refractivity contribution < 1.29 is 19.0 Å². The molecule has 2 aliphatic rings. The van der Waals surface area contributed by atoms with E-state index in [-0.39, 0.29) is 12.8 Å². The Morgan fingerprint density at radius 2 is 1.93 bits per heavy atom. The molecule has 0 atom stereocenters. The first-order valence-electron chi connectivity index (χ1n) is 9.77. The maximum Gasteiger partial charge on any atom is 0.321 e. The minimum Gasteiger partial charge on any atom is -0.494 e. The summed E-state index contributed by atoms with van der Waals surface area (Å²) in [5.74, 6) is 2.14. The van der Waals surface area contributed by atoms with Crippen LogP contribution in [-0.4, -0.2) is 56.0 Å². The Morgan fingerprint density at radius 3 is 2.73 bits per heavy atom. The Morgan fingerprint density at radius 1 is 1.13 bits per heavy atom. The van der Waals surface area contributed by atoms with Crippen molar-refractivity contribution in [3.05, 3.63) is 35.9 Å². The second kappa shape index (κ2) is 7.56. The molecule has 8 nitrogen and oxygen atoms in total. The highest BCUT2D eigenvalue weighted by atomic mass is 32.1. The Hall–Kier alpha value is -3.20. The number of methoxy groups -OCH3 is 1. The number of urea groups is 1. The number of hydrogen-bond donors (Lipinski definition) is 1. The number of hydrogen-bond acceptors (Lipinski definition) is 7. The van der Waals surface area contributed by atoms with Crippen LogP contribution in [0.4, 0.5) is 15.6 Å². The third-order valence-electron chi connectivity index (χ3n) is 5.37. The van der Waals surface area contributed by atoms with Gasteiger partial charge in [-0.15, -0.1) is 0 Å². The summed E-state index contributed by atoms with van der Waals surface area (Å²) in [4.78, 5) is 21.5. The second-order valence-corrected chi connectivity index (χ2v) is 8.21. The lowest BCUT2D eigenvalue weighted by Gasteiger charge is -2.34. The third kappa shape index (κ3) is 3.35. The summed E-state index contributed by atoms with van der Waals surface area (Å²) in [7, 11) is 1.67. The quantitative estimate of drug-likeness (QED) is 0.688. The van der Waals surface area contributed by atoms with E-state index in [0.717, 1.165) is 34.2 Å². The van der Waals surface area contributed by atoms with Crippen molar-refractivity contribution in [2.45, 2.75) is 6.92 Å². The van der Waals surface area contributed by atoms with Gasteiger partial charge in [0.15, 0.2) is 16.6 Å². The number of thiazole rings is 1. The van der Waals surface area contributed by atoms with Crippen molar-refractivity contribution >= 4 is 38.4 Å². The highest BCUT2D eigenvalue weighted by Gasteiger charge is 2.24. The Labute approximate surface area is 178 Å². The number of carbonyl (C=O) groups is 1. The number of nitrogens with zero attached hydrogens (tertiary/aromatic N) is 3. The molecule has 30 heavy (non-hydrogen) atoms. The van der Waals surface area contributed by atoms with E-state index in [2.05, 4.69) is 23.2 Å². The highest BCUT2D eigenvalue weighted by molar-refractivity contribution is 7.22. The number of fused-ring (bicyclic) bond motifs is 2. The highest BCUT2D eigenvalue weighted by Crippen LogP contribution is 2.37. The van der Waals surface area contributed by atoms with E-state index < -0.39 is 0 Å². The van der Waals surface area contributed by atoms with Gasteiger partial charge in [-0.25, -0.2) is 9.78 Å². The first-order valence-corrected chi connectivity index (χ1v) is 10.6. The van der Waals surface area contributed by atoms with Crippen molar-refractivity contribution in [1.82, 2.24) is 9.88 Å². The maximum absolute atomic E-state index is 12.7. The van der Waals surface area contributed by atoms with E-state index >= 15 is 0 Å². The number of rotatable bonds is 3. The molecule has 1 aromatic heterocycles. The Kier molecular flexibility index (Phi) is 4.74. The molecule has 2 aromatic carbocycles. The molecule has 0 bridgehead atoms. The average molecular weight is 426 g/mol. The standard InChI is InChI=1S/C21H22N4O4S/c1-13-3-5-16(27-2)18-19(13)30-21(23-18)25-9-7-24(8-10-25)20(26)22-14-4-6-15-17(11-14)29-12-28-15/h3-6,11H,7-10,12H2,1-2H3,(H,22,26). The molecule has 2 amide bonds. The van der Waals surface area contributed by atoms with Crippen LogP contribution in [0.25, 0.3) is 10.2 Å². The predicted molar refractivity (Wildman–Crippen MR) is 116 cm³/mol. The summed E-state index contributed by atoms with van der Waals surface area (Å²) in [5, 5.41) is 3.91. The fourth-order valence-electron chi connectivity index (χ4n) is 3.68. The van der Waals surface area contributed by atoms with Crippen LogP contribution >= 0.6 is 11.3 Å². The van der Waals surface area contributed by atoms with Crippen LogP contribution in [0.15, 0.2) is 30.3 Å². The molecule has 0 saturated carbocycles. The van der Waals surface area contributed by atoms with E-state index in [1.54, 1.807) is 30.6 Å². The lowest BCUT2D eigenvalue weighted by molar-refractivity contribution is 0.174. The SMILES string of the molecule is COc1ccc(C)c2sc(N3CCN(C(=O)Nc4ccc5c(c4)OCO5)CC3)nc12. The fourth-order valence-corrected chi connectivity index (χ4v) is 4.78. The maximum atomic E-state index is 12.7. The van der Waals surface area contributed by atoms with Crippen LogP contribution in [0.2, 0.25) is 0 Å². The van der Waals surface area contributed by atoms with E-state index in [9.17, 15) is 4.79 Å². The van der Waals surface area contributed by atoms with Crippen LogP contribution in [0.5, 0.6) is 17.2 Å². The normalized spacial score (nSPS) is 15.5. The number of piperazine rings is 1. The fraction of sp³-hybridized carbons (Fsp3) is 0.333. The van der Waals surface area contributed by atoms with Crippen molar-refractivity contribution in [1.29, 1.82) is 0 Å². The molecule has 2 aliphatic heterocycles. The Bertz CT molecular complexity index is 1110. The van der Waals surface area contributed by atoms with Gasteiger partial charge in [0.2, 0.25) is 6.79 Å². The number of nitrogens with one attached hydrogen (secondary N) is 1. The van der Waals surface area contributed by atoms with Crippen LogP contribution < -0.4 is 24.4 Å². The van der Waals surface area contributed by atoms with Crippen LogP contribution in [0, 0.1) is 6.92 Å². The number of aryl methyl sites for hydroxylation is 1. The van der Waals surface area contributed by atoms with Crippen LogP contribution in [0.1, 0.15) is 5.56 Å². The van der Waals surface area contributed by atoms with Crippen molar-refractivity contribution in [2.75, 3.05) is 50.3 Å². The zero-order valence-electron chi connectivity index (χ0n) is 16.8. The van der Waals surface area contributed by atoms with Gasteiger partial charge in [0.05, 0.1) is 11.8 Å². The summed E-state index contributed by atoms with van der Waals surface area (Å²) in [6.07, 6.45) is 0. The zero-order chi connectivity index (χ0) is 20.7. The van der Waals surface area contributed by atoms with E-state index in [1.807, 2.05) is 17.0 Å². The molecule has 0 aliphatic carbocycles. The molecule has 5 rings (SSSR count). The smallest absolute Gasteiger partial charge is 0.321 e. The van der Waals surface area contributed by atoms with Crippen molar-refractivity contribution in [2.24, 2.45) is 0 Å². The molecule has 0 spiro atoms. The monoisotopic (exact) mass is 426 g/mol. The van der Waals surface area contributed by atoms with Gasteiger partial charge in [0.25, 0.3) is 0 Å². The molecular weight excluding hydrogens is 404 g/mol. The summed E-state index contributed by atoms with van der Waals surface area (Å²) in [6.45, 7) is 5.02. The molecule has 0 radical (unpaired) electrons. The van der Waals surface area contributed by atoms with Gasteiger partial charge in [-0.3, -0.25) is 0 Å². The summed E-state index contributed by atoms with van der Waals surface area (Å²) in [6, 6.07) is 9.31. The topological polar surface area (TPSA) is 76.2 Å². The molecular formula is C21H22N4O4S. The van der Waals surface area contributed by atoms with Crippen LogP contribution in [0.3, 0.4) is 0 Å². The average Bonchev–Trinajstić information content (AvgIpc) is 3.41. The molecule has 3 aromatic rings. The lowest BCUT2D eigenvalue weighted by Crippen LogP contribution is -2.50. The van der Waals surface area contributed by atoms with Gasteiger partial charge in [0, 0.05) is 37.9 Å². The van der Waals surface area contributed by atoms with Crippen molar-refractivity contribution in [3.8, 4) is 17.2 Å². The van der Waals surface area contributed by atoms with E-state index in [4.69, 9.17) is 19.2 Å². The zero-order valence-corrected chi connectivity index (χ0v) is 17.6. The summed E-state index contributed by atoms with van der Waals surface area (Å²) >= 11 is 1.67. The number of aromatic nitrogens is 1. The van der Waals surface area contributed by atoms with Gasteiger partial charge in [0.1, 0.15) is 11.3 Å². The van der Waals surface area contributed by atoms with Gasteiger partial charge in [-0.05, 0) is 30.7 Å². The largest absolute Gasteiger partial charge is 0.494 e. The minimum absolute atomic E-state index is 0.115. The first kappa shape index (κ1) is 18.8. The van der Waals surface area contributed by atoms with Gasteiger partial charge in [-0.2, -0.15) is 0 Å². The summed E-state index contributed by atoms with van der Waals surface area (Å²) in [5.41, 5.74) is 2.79. The molecule has 1 N–H and O–H groups in total. The number of benzene rings is 2. The molecule has 0 unspecified atom stereocenters. The second-order valence-electron chi connectivity index (χ2n) is 7.23. The third-order valence-corrected chi connectivity index (χ3v) is 6.62. The molecule has 3 heterocycles. The van der Waals surface area contributed by atoms with Gasteiger partial charge >= 0.3 is 6.03 Å². The Balaban J connectivity index is 1.24. The number of ether oxygens (including phenoxy) is 3. The minimum atomic E-state index is -0.115. The number of amides is 2. The predicted octanol–water partition coefficient (Wildman–Crippen LogP) is 3.70. The number of anilines is 2. The van der Waals surface area contributed by atoms with E-state index in [0.29, 0.717) is 30.3 Å². The molecule has 1 saturated heterocycles. The van der Waals surface area contributed by atoms with Crippen molar-refractivity contribution in [3.63, 3.8) is 0 Å². The van der Waals surface area contributed by atoms with Crippen LogP contribution in [-0.2, 0) is 0 Å². The van der Waals surface area contributed by atoms with E-state index in [1.165, 1.54) is 5.56 Å². The van der Waals surface area contributed by atoms with Gasteiger partial charge < -0.3 is 29.3 Å². The van der Waals surface area contributed by atoms with Gasteiger partial charge in [-0.1, -0.05) is 17.4 Å². The summed E-state index contributed by atoms with van der Waals surface area (Å²) < 4.78 is 17.3.